The van der Waals surface area contributed by atoms with E-state index in [-0.39, 0.29) is 106 Å². The summed E-state index contributed by atoms with van der Waals surface area (Å²) in [5, 5.41) is 35.1. The quantitative estimate of drug-likeness (QED) is 0.0245. The predicted molar refractivity (Wildman–Crippen MR) is 481 cm³/mol. The molecule has 14 N–H and O–H groups in total. The lowest BCUT2D eigenvalue weighted by Gasteiger charge is -2.43. The highest BCUT2D eigenvalue weighted by molar-refractivity contribution is 5.99. The molecule has 125 heavy (non-hydrogen) atoms. The Kier molecular flexibility index (Phi) is 30.8. The van der Waals surface area contributed by atoms with Gasteiger partial charge >= 0.3 is 0 Å². The maximum absolute atomic E-state index is 12.2. The first-order valence-corrected chi connectivity index (χ1v) is 41.8. The summed E-state index contributed by atoms with van der Waals surface area (Å²) in [5.74, 6) is 0.277. The highest BCUT2D eigenvalue weighted by Crippen LogP contribution is 2.37. The predicted octanol–water partition coefficient (Wildman–Crippen LogP) is 6.94. The highest BCUT2D eigenvalue weighted by Gasteiger charge is 2.38. The molecule has 14 rings (SSSR count). The molecule has 0 aliphatic carbocycles. The van der Waals surface area contributed by atoms with Crippen molar-refractivity contribution in [2.75, 3.05) is 135 Å². The molecule has 38 heteroatoms. The molecule has 0 spiro atoms. The van der Waals surface area contributed by atoms with E-state index in [2.05, 4.69) is 164 Å². The highest BCUT2D eigenvalue weighted by atomic mass is 16.2. The summed E-state index contributed by atoms with van der Waals surface area (Å²) in [6, 6.07) is 20.2. The maximum Gasteiger partial charge on any atom is 0.273 e. The summed E-state index contributed by atoms with van der Waals surface area (Å²) in [5.41, 5.74) is 27.9. The molecule has 12 heterocycles. The summed E-state index contributed by atoms with van der Waals surface area (Å²) >= 11 is 0. The number of amides is 8. The molecule has 2 aromatic carbocycles. The Bertz CT molecular complexity index is 5050. The molecule has 8 aromatic rings. The lowest BCUT2D eigenvalue weighted by molar-refractivity contribution is -0.130. The summed E-state index contributed by atoms with van der Waals surface area (Å²) in [7, 11) is 11.9. The second-order valence-electron chi connectivity index (χ2n) is 32.6. The maximum atomic E-state index is 12.2. The van der Waals surface area contributed by atoms with Crippen LogP contribution in [-0.2, 0) is 38.7 Å². The van der Waals surface area contributed by atoms with Crippen LogP contribution in [0.3, 0.4) is 0 Å². The Morgan fingerprint density at radius 3 is 1.39 bits per heavy atom. The number of benzene rings is 2. The fraction of sp³-hybridized carbons (Fsp3) is 0.425. The number of nitrogens with zero attached hydrogens (tertiary/aromatic N) is 20. The van der Waals surface area contributed by atoms with Crippen molar-refractivity contribution in [3.8, 4) is 0 Å². The van der Waals surface area contributed by atoms with Crippen LogP contribution in [0.4, 0.5) is 69.6 Å². The van der Waals surface area contributed by atoms with Crippen molar-refractivity contribution in [1.82, 2.24) is 88.8 Å². The number of nitrogens with two attached hydrogens (primary N) is 4. The second kappa shape index (κ2) is 41.9. The fourth-order valence-corrected chi connectivity index (χ4v) is 16.4. The van der Waals surface area contributed by atoms with Crippen molar-refractivity contribution >= 4 is 117 Å². The van der Waals surface area contributed by atoms with Crippen LogP contribution in [0.1, 0.15) is 144 Å². The third-order valence-electron chi connectivity index (χ3n) is 23.8. The minimum absolute atomic E-state index is 0.00143. The van der Waals surface area contributed by atoms with Gasteiger partial charge in [0.25, 0.3) is 23.6 Å². The molecule has 0 radical (unpaired) electrons. The lowest BCUT2D eigenvalue weighted by Crippen LogP contribution is -2.55. The van der Waals surface area contributed by atoms with E-state index < -0.39 is 23.6 Å². The Balaban J connectivity index is 0.000000162. The van der Waals surface area contributed by atoms with E-state index in [1.165, 1.54) is 47.8 Å². The minimum atomic E-state index is -0.716. The van der Waals surface area contributed by atoms with E-state index in [9.17, 15) is 38.4 Å². The number of anilines is 12. The largest absolute Gasteiger partial charge is 0.364 e. The van der Waals surface area contributed by atoms with Crippen molar-refractivity contribution in [1.29, 1.82) is 0 Å². The monoisotopic (exact) mass is 1710 g/mol. The number of likely N-dealkylation sites (tertiary alicyclic amines) is 6. The zero-order valence-electron chi connectivity index (χ0n) is 72.6. The zero-order valence-corrected chi connectivity index (χ0v) is 72.6. The molecule has 0 unspecified atom stereocenters. The first kappa shape index (κ1) is 92.0. The molecule has 6 aromatic heterocycles. The van der Waals surface area contributed by atoms with Crippen molar-refractivity contribution in [3.05, 3.63) is 182 Å². The van der Waals surface area contributed by atoms with E-state index in [0.29, 0.717) is 74.4 Å². The van der Waals surface area contributed by atoms with Crippen LogP contribution in [0, 0.1) is 0 Å². The van der Waals surface area contributed by atoms with Gasteiger partial charge in [0, 0.05) is 128 Å². The molecule has 8 amide bonds. The van der Waals surface area contributed by atoms with Gasteiger partial charge in [-0.2, -0.15) is 9.97 Å². The molecule has 6 fully saturated rings. The van der Waals surface area contributed by atoms with Gasteiger partial charge in [0.05, 0.1) is 35.9 Å². The number of carbonyl (C=O) groups is 8. The summed E-state index contributed by atoms with van der Waals surface area (Å²) in [6.07, 6.45) is 25.4. The van der Waals surface area contributed by atoms with Crippen LogP contribution in [0.25, 0.3) is 0 Å². The first-order chi connectivity index (χ1) is 59.8. The Morgan fingerprint density at radius 2 is 0.904 bits per heavy atom. The van der Waals surface area contributed by atoms with Crippen molar-refractivity contribution < 1.29 is 38.4 Å². The van der Waals surface area contributed by atoms with Crippen LogP contribution in [0.2, 0.25) is 0 Å². The van der Waals surface area contributed by atoms with Crippen molar-refractivity contribution in [2.45, 2.75) is 133 Å². The normalized spacial score (nSPS) is 19.3. The third-order valence-corrected chi connectivity index (χ3v) is 23.8. The van der Waals surface area contributed by atoms with Gasteiger partial charge in [-0.05, 0) is 201 Å². The fourth-order valence-electron chi connectivity index (χ4n) is 16.4. The van der Waals surface area contributed by atoms with Gasteiger partial charge in [-0.1, -0.05) is 57.5 Å². The van der Waals surface area contributed by atoms with Gasteiger partial charge in [-0.3, -0.25) is 38.4 Å². The van der Waals surface area contributed by atoms with E-state index in [0.717, 1.165) is 113 Å². The van der Waals surface area contributed by atoms with Gasteiger partial charge in [0.2, 0.25) is 35.5 Å². The molecular weight excluding hydrogens is 1590 g/mol. The number of hydrogen-bond acceptors (Lipinski definition) is 28. The smallest absolute Gasteiger partial charge is 0.273 e. The molecule has 6 aliphatic heterocycles. The number of aryl methyl sites for hydroxylation is 2. The molecule has 38 nitrogen and oxygen atoms in total. The molecule has 0 bridgehead atoms. The minimum Gasteiger partial charge on any atom is -0.364 e. The Morgan fingerprint density at radius 1 is 0.464 bits per heavy atom. The summed E-state index contributed by atoms with van der Waals surface area (Å²) in [4.78, 5) is 138. The Labute approximate surface area is 727 Å². The average Bonchev–Trinajstić information content (AvgIpc) is 1.08. The van der Waals surface area contributed by atoms with Crippen LogP contribution in [-0.4, -0.2) is 266 Å². The van der Waals surface area contributed by atoms with Crippen molar-refractivity contribution in [2.24, 2.45) is 37.0 Å². The van der Waals surface area contributed by atoms with E-state index in [1.54, 1.807) is 14.7 Å². The van der Waals surface area contributed by atoms with Crippen molar-refractivity contribution in [3.63, 3.8) is 0 Å². The van der Waals surface area contributed by atoms with Crippen LogP contribution >= 0.6 is 0 Å². The number of piperidine rings is 4. The molecule has 6 atom stereocenters. The Hall–Kier alpha value is -13.8. The molecular formula is C87H116N30O8. The van der Waals surface area contributed by atoms with Gasteiger partial charge < -0.3 is 103 Å². The van der Waals surface area contributed by atoms with Crippen LogP contribution < -0.4 is 64.6 Å². The number of likely N-dealkylation sites (N-methyl/N-ethyl adjacent to an activating group) is 2. The number of primary amides is 4. The number of carbonyl (C=O) groups excluding carboxylic acids is 8. The third kappa shape index (κ3) is 23.5. The average molecular weight is 1710 g/mol. The first-order valence-electron chi connectivity index (χ1n) is 41.8. The number of hydrogen-bond donors (Lipinski definition) is 10. The van der Waals surface area contributed by atoms with Crippen LogP contribution in [0.15, 0.2) is 148 Å². The molecule has 6 saturated heterocycles. The zero-order chi connectivity index (χ0) is 89.9. The van der Waals surface area contributed by atoms with Gasteiger partial charge in [0.15, 0.2) is 46.0 Å². The second-order valence-corrected chi connectivity index (χ2v) is 32.6. The molecule has 662 valence electrons. The standard InChI is InChI=1S/C25H33N7O2.C23H30N8O2.C20H27N7O2.C19H26N8O2/c1-4-21(33)32-12-9-19(16-32)28-20-15-27-22(23(26)34)24(30-20)29-18-7-5-17(6-8-18)25(2)10-13-31(3)14-11-25;1-3-19(32)31-13-10-18(14-31)26-23-27-22(20(21(24)33)28-29-23)25-17-6-4-15(5-7-17)16-8-11-30(2)12-9-16;1-5-17(28)27-9-6-7-15(13(27)2)26(4)16-11-22-18(19(21)29)20(24-16)23-14-8-10-25(3)12-14;1-5-15(28)27-9-6-7-14(12(27)2)26(4)19-22-18(16(17(20)29)23-24-19)21-13-8-10-25(3)11-13/h4-8,15,19H,1,9-14,16H2,2-3H3,(H2,26,34)(H2,28,29,30);3-7,16,18H,1,8-14H2,2H3,(H2,24,33)(H2,25,26,27,29);5,8,10-13,15H,1,6-7,9H2,2-4H3,(H2,21,29)(H,23,24);5,8,10-12,14H,1,6-7,9H2,2-4H3,(H2,20,29)(H,21,22,24)/t19-;18-;13-,15-;12-,14-/m1111/s1. The van der Waals surface area contributed by atoms with Gasteiger partial charge in [0.1, 0.15) is 11.6 Å². The summed E-state index contributed by atoms with van der Waals surface area (Å²) in [6.45, 7) is 28.8. The number of rotatable bonds is 26. The number of aromatic nitrogens is 12. The van der Waals surface area contributed by atoms with Crippen LogP contribution in [0.5, 0.6) is 0 Å². The van der Waals surface area contributed by atoms with E-state index in [1.807, 2.05) is 127 Å². The van der Waals surface area contributed by atoms with E-state index >= 15 is 0 Å². The molecule has 6 aliphatic rings. The topological polar surface area (TPSA) is 477 Å². The number of nitrogens with one attached hydrogen (secondary N) is 6. The van der Waals surface area contributed by atoms with E-state index in [4.69, 9.17) is 22.9 Å². The summed E-state index contributed by atoms with van der Waals surface area (Å²) < 4.78 is 3.74. The lowest BCUT2D eigenvalue weighted by atomic mass is 9.74. The van der Waals surface area contributed by atoms with Gasteiger partial charge in [-0.15, -0.1) is 20.4 Å². The molecule has 0 saturated carbocycles. The SMILES string of the molecule is C=CC(=O)N1CCC[C@@H](N(C)c2cnc(C(N)=O)c(Nc3ccn(C)c3)n2)[C@H]1C.C=CC(=O)N1CCC[C@@H](N(C)c2nnc(C(N)=O)c(Nc3ccn(C)c3)n2)[C@H]1C.C=CC(=O)N1CC[C@@H](Nc2cnc(C(N)=O)c(Nc3ccc(C4(C)CCN(C)CC4)cc3)n2)C1.C=CC(=O)N1CC[C@@H](Nc2nnc(C(N)=O)c(Nc3ccc(C4CCN(C)CC4)cc3)n2)C1. The van der Waals surface area contributed by atoms with Gasteiger partial charge in [-0.25, -0.2) is 19.9 Å².